The van der Waals surface area contributed by atoms with Gasteiger partial charge in [0.2, 0.25) is 5.91 Å². The van der Waals surface area contributed by atoms with Gasteiger partial charge in [-0.05, 0) is 60.4 Å². The molecule has 0 radical (unpaired) electrons. The number of amides is 2. The molecule has 0 bridgehead atoms. The third kappa shape index (κ3) is 5.91. The summed E-state index contributed by atoms with van der Waals surface area (Å²) >= 11 is 6.52. The van der Waals surface area contributed by atoms with Crippen LogP contribution in [0.4, 0.5) is 0 Å². The first-order valence-corrected chi connectivity index (χ1v) is 13.4. The molecule has 5 rings (SSSR count). The molecule has 204 valence electrons. The summed E-state index contributed by atoms with van der Waals surface area (Å²) in [5.41, 5.74) is 1.53. The summed E-state index contributed by atoms with van der Waals surface area (Å²) in [5, 5.41) is 13.9. The summed E-state index contributed by atoms with van der Waals surface area (Å²) in [5.74, 6) is 0.484. The number of nitrogens with one attached hydrogen (secondary N) is 1. The summed E-state index contributed by atoms with van der Waals surface area (Å²) in [6.45, 7) is 0.887. The number of halogens is 1. The predicted molar refractivity (Wildman–Crippen MR) is 147 cm³/mol. The van der Waals surface area contributed by atoms with Crippen LogP contribution in [-0.2, 0) is 11.3 Å². The molecule has 8 nitrogen and oxygen atoms in total. The minimum Gasteiger partial charge on any atom is -0.504 e. The van der Waals surface area contributed by atoms with E-state index in [1.807, 2.05) is 18.2 Å². The first-order chi connectivity index (χ1) is 18.9. The van der Waals surface area contributed by atoms with Crippen LogP contribution in [0.15, 0.2) is 60.7 Å². The molecule has 1 saturated carbocycles. The van der Waals surface area contributed by atoms with Gasteiger partial charge in [0.05, 0.1) is 7.11 Å². The maximum atomic E-state index is 14.2. The molecule has 2 amide bonds. The van der Waals surface area contributed by atoms with E-state index in [9.17, 15) is 14.7 Å². The summed E-state index contributed by atoms with van der Waals surface area (Å²) in [6, 6.07) is 15.9. The molecule has 3 aromatic carbocycles. The van der Waals surface area contributed by atoms with Crippen molar-refractivity contribution in [1.82, 2.24) is 10.2 Å². The molecule has 1 atom stereocenters. The van der Waals surface area contributed by atoms with Crippen molar-refractivity contribution in [2.45, 2.75) is 44.3 Å². The normalized spacial score (nSPS) is 15.4. The number of methoxy groups -OCH3 is 1. The molecular weight excluding hydrogens is 520 g/mol. The van der Waals surface area contributed by atoms with Crippen LogP contribution < -0.4 is 19.5 Å². The fourth-order valence-corrected chi connectivity index (χ4v) is 5.32. The molecule has 0 spiro atoms. The summed E-state index contributed by atoms with van der Waals surface area (Å²) in [4.78, 5) is 29.7. The van der Waals surface area contributed by atoms with Gasteiger partial charge in [-0.15, -0.1) is 0 Å². The number of fused-ring (bicyclic) bond motifs is 1. The molecular formula is C30H31ClN2O6. The van der Waals surface area contributed by atoms with Crippen LogP contribution in [0.3, 0.4) is 0 Å². The average Bonchev–Trinajstić information content (AvgIpc) is 3.47. The van der Waals surface area contributed by atoms with E-state index < -0.39 is 6.04 Å². The zero-order chi connectivity index (χ0) is 27.4. The average molecular weight is 551 g/mol. The number of hydrogen-bond acceptors (Lipinski definition) is 6. The molecule has 9 heteroatoms. The van der Waals surface area contributed by atoms with E-state index >= 15 is 0 Å². The summed E-state index contributed by atoms with van der Waals surface area (Å²) < 4.78 is 16.7. The number of aromatic hydroxyl groups is 1. The van der Waals surface area contributed by atoms with Crippen molar-refractivity contribution in [3.63, 3.8) is 0 Å². The number of carbonyl (C=O) groups excluding carboxylic acids is 2. The lowest BCUT2D eigenvalue weighted by atomic mass is 10.00. The molecule has 2 aliphatic rings. The van der Waals surface area contributed by atoms with E-state index in [1.165, 1.54) is 18.1 Å². The van der Waals surface area contributed by atoms with Crippen molar-refractivity contribution in [3.05, 3.63) is 82.4 Å². The minimum atomic E-state index is -1.03. The maximum absolute atomic E-state index is 14.2. The van der Waals surface area contributed by atoms with Crippen LogP contribution >= 0.6 is 11.6 Å². The van der Waals surface area contributed by atoms with E-state index in [1.54, 1.807) is 36.4 Å². The quantitative estimate of drug-likeness (QED) is 0.397. The van der Waals surface area contributed by atoms with Gasteiger partial charge in [-0.3, -0.25) is 9.59 Å². The highest BCUT2D eigenvalue weighted by Crippen LogP contribution is 2.36. The van der Waals surface area contributed by atoms with Crippen LogP contribution in [0.2, 0.25) is 5.02 Å². The van der Waals surface area contributed by atoms with E-state index in [2.05, 4.69) is 5.32 Å². The number of rotatable bonds is 8. The number of nitrogens with zero attached hydrogens (tertiary/aromatic N) is 1. The van der Waals surface area contributed by atoms with Gasteiger partial charge in [0, 0.05) is 23.2 Å². The first kappa shape index (κ1) is 26.7. The van der Waals surface area contributed by atoms with Crippen LogP contribution in [-0.4, -0.2) is 48.2 Å². The Bertz CT molecular complexity index is 1360. The molecule has 0 saturated heterocycles. The van der Waals surface area contributed by atoms with Gasteiger partial charge < -0.3 is 29.5 Å². The Morgan fingerprint density at radius 2 is 1.79 bits per heavy atom. The van der Waals surface area contributed by atoms with E-state index in [0.29, 0.717) is 46.4 Å². The molecule has 1 heterocycles. The van der Waals surface area contributed by atoms with Crippen LogP contribution in [0.1, 0.15) is 53.2 Å². The number of phenolic OH excluding ortho intramolecular Hbond substituents is 1. The van der Waals surface area contributed by atoms with Crippen molar-refractivity contribution >= 4 is 23.4 Å². The molecule has 0 aromatic heterocycles. The fourth-order valence-electron chi connectivity index (χ4n) is 5.12. The summed E-state index contributed by atoms with van der Waals surface area (Å²) in [7, 11) is 1.44. The molecule has 3 aromatic rings. The number of ether oxygens (including phenoxy) is 3. The SMILES string of the molecule is COc1cc(C(C(=O)NC2CCCC2)N(Cc2ccccc2Cl)C(=O)c2ccc3c(c2)OCCO3)ccc1O. The van der Waals surface area contributed by atoms with Crippen molar-refractivity contribution in [2.75, 3.05) is 20.3 Å². The Hall–Kier alpha value is -3.91. The minimum absolute atomic E-state index is 0.0329. The highest BCUT2D eigenvalue weighted by atomic mass is 35.5. The van der Waals surface area contributed by atoms with E-state index in [-0.39, 0.29) is 35.9 Å². The maximum Gasteiger partial charge on any atom is 0.255 e. The first-order valence-electron chi connectivity index (χ1n) is 13.1. The van der Waals surface area contributed by atoms with E-state index in [0.717, 1.165) is 25.7 Å². The van der Waals surface area contributed by atoms with E-state index in [4.69, 9.17) is 25.8 Å². The Morgan fingerprint density at radius 1 is 1.05 bits per heavy atom. The van der Waals surface area contributed by atoms with Gasteiger partial charge in [-0.25, -0.2) is 0 Å². The lowest BCUT2D eigenvalue weighted by Crippen LogP contribution is -2.46. The molecule has 39 heavy (non-hydrogen) atoms. The number of benzene rings is 3. The lowest BCUT2D eigenvalue weighted by molar-refractivity contribution is -0.126. The second kappa shape index (κ2) is 11.9. The Kier molecular flexibility index (Phi) is 8.12. The van der Waals surface area contributed by atoms with Gasteiger partial charge in [0.1, 0.15) is 19.3 Å². The molecule has 1 aliphatic heterocycles. The van der Waals surface area contributed by atoms with Gasteiger partial charge in [0.15, 0.2) is 23.0 Å². The zero-order valence-electron chi connectivity index (χ0n) is 21.7. The van der Waals surface area contributed by atoms with Gasteiger partial charge in [0.25, 0.3) is 5.91 Å². The van der Waals surface area contributed by atoms with Gasteiger partial charge >= 0.3 is 0 Å². The molecule has 1 aliphatic carbocycles. The number of hydrogen-bond donors (Lipinski definition) is 2. The van der Waals surface area contributed by atoms with Crippen molar-refractivity contribution in [3.8, 4) is 23.0 Å². The molecule has 1 fully saturated rings. The molecule has 2 N–H and O–H groups in total. The number of carbonyl (C=O) groups is 2. The van der Waals surface area contributed by atoms with Crippen LogP contribution in [0.25, 0.3) is 0 Å². The lowest BCUT2D eigenvalue weighted by Gasteiger charge is -2.33. The van der Waals surface area contributed by atoms with Gasteiger partial charge in [-0.1, -0.05) is 48.7 Å². The summed E-state index contributed by atoms with van der Waals surface area (Å²) in [6.07, 6.45) is 3.86. The van der Waals surface area contributed by atoms with Crippen LogP contribution in [0.5, 0.6) is 23.0 Å². The van der Waals surface area contributed by atoms with Crippen molar-refractivity contribution in [2.24, 2.45) is 0 Å². The largest absolute Gasteiger partial charge is 0.504 e. The number of phenols is 1. The van der Waals surface area contributed by atoms with Gasteiger partial charge in [-0.2, -0.15) is 0 Å². The standard InChI is InChI=1S/C30H31ClN2O6/c1-37-26-16-19(10-12-24(26)34)28(29(35)32-22-7-3-4-8-22)33(18-21-6-2-5-9-23(21)31)30(36)20-11-13-25-27(17-20)39-15-14-38-25/h2,5-6,9-13,16-17,22,28,34H,3-4,7-8,14-15,18H2,1H3,(H,32,35). The molecule has 1 unspecified atom stereocenters. The predicted octanol–water partition coefficient (Wildman–Crippen LogP) is 5.27. The topological polar surface area (TPSA) is 97.3 Å². The Labute approximate surface area is 232 Å². The zero-order valence-corrected chi connectivity index (χ0v) is 22.4. The Balaban J connectivity index is 1.60. The highest BCUT2D eigenvalue weighted by molar-refractivity contribution is 6.31. The second-order valence-corrected chi connectivity index (χ2v) is 10.1. The smallest absolute Gasteiger partial charge is 0.255 e. The van der Waals surface area contributed by atoms with Crippen molar-refractivity contribution < 1.29 is 28.9 Å². The monoisotopic (exact) mass is 550 g/mol. The third-order valence-corrected chi connectivity index (χ3v) is 7.50. The van der Waals surface area contributed by atoms with Crippen LogP contribution in [0, 0.1) is 0 Å². The fraction of sp³-hybridized carbons (Fsp3) is 0.333. The Morgan fingerprint density at radius 3 is 2.54 bits per heavy atom. The van der Waals surface area contributed by atoms with Crippen molar-refractivity contribution in [1.29, 1.82) is 0 Å². The third-order valence-electron chi connectivity index (χ3n) is 7.13. The second-order valence-electron chi connectivity index (χ2n) is 9.71. The highest BCUT2D eigenvalue weighted by Gasteiger charge is 2.35.